The van der Waals surface area contributed by atoms with Crippen molar-refractivity contribution in [2.45, 2.75) is 23.8 Å². The lowest BCUT2D eigenvalue weighted by molar-refractivity contribution is 0.448. The zero-order chi connectivity index (χ0) is 17.3. The van der Waals surface area contributed by atoms with E-state index in [-0.39, 0.29) is 22.4 Å². The molecule has 1 aliphatic carbocycles. The zero-order valence-corrected chi connectivity index (χ0v) is 14.6. The van der Waals surface area contributed by atoms with Crippen LogP contribution in [0.25, 0.3) is 0 Å². The molecule has 2 aromatic rings. The van der Waals surface area contributed by atoms with Gasteiger partial charge in [-0.15, -0.1) is 0 Å². The fourth-order valence-corrected chi connectivity index (χ4v) is 3.76. The molecule has 1 fully saturated rings. The van der Waals surface area contributed by atoms with Crippen LogP contribution in [0, 0.1) is 0 Å². The average molecular weight is 389 g/mol. The number of hydrogen-bond donors (Lipinski definition) is 2. The number of phenols is 1. The van der Waals surface area contributed by atoms with Gasteiger partial charge in [0.05, 0.1) is 0 Å². The zero-order valence-electron chi connectivity index (χ0n) is 12.3. The quantitative estimate of drug-likeness (QED) is 0.736. The summed E-state index contributed by atoms with van der Waals surface area (Å²) in [4.78, 5) is -0.238. The van der Waals surface area contributed by atoms with Gasteiger partial charge in [0.1, 0.15) is 22.1 Å². The first-order valence-electron chi connectivity index (χ1n) is 7.11. The van der Waals surface area contributed by atoms with E-state index in [1.54, 1.807) is 24.3 Å². The average Bonchev–Trinajstić information content (AvgIpc) is 3.32. The Morgan fingerprint density at radius 1 is 1.17 bits per heavy atom. The van der Waals surface area contributed by atoms with E-state index >= 15 is 0 Å². The fourth-order valence-electron chi connectivity index (χ4n) is 2.07. The van der Waals surface area contributed by atoms with E-state index < -0.39 is 10.0 Å². The number of benzene rings is 2. The number of hydrogen-bond acceptors (Lipinski definition) is 5. The molecule has 0 spiro atoms. The van der Waals surface area contributed by atoms with Gasteiger partial charge in [0.15, 0.2) is 5.75 Å². The lowest BCUT2D eigenvalue weighted by Gasteiger charge is -2.14. The van der Waals surface area contributed by atoms with Crippen LogP contribution in [0.15, 0.2) is 47.4 Å². The van der Waals surface area contributed by atoms with Crippen LogP contribution in [0.1, 0.15) is 12.8 Å². The molecule has 0 aliphatic heterocycles. The third-order valence-corrected chi connectivity index (χ3v) is 5.31. The summed E-state index contributed by atoms with van der Waals surface area (Å²) < 4.78 is 33.6. The minimum atomic E-state index is -3.81. The number of rotatable bonds is 6. The number of anilines is 1. The van der Waals surface area contributed by atoms with Gasteiger partial charge in [-0.3, -0.25) is 0 Å². The highest BCUT2D eigenvalue weighted by Crippen LogP contribution is 2.36. The molecule has 0 atom stereocenters. The van der Waals surface area contributed by atoms with Crippen LogP contribution in [0.4, 0.5) is 5.69 Å². The first kappa shape index (κ1) is 17.2. The van der Waals surface area contributed by atoms with Gasteiger partial charge in [0, 0.05) is 35.7 Å². The standard InChI is InChI=1S/C15H14Cl2N2O4S/c16-19(17)12-3-1-2-4-14(12)23-11-7-8-13(20)15(9-11)24(21,22)18-10-5-6-10/h1-4,7-10,18,20H,5-6H2. The molecule has 0 aromatic heterocycles. The minimum absolute atomic E-state index is 0.0687. The van der Waals surface area contributed by atoms with E-state index in [1.807, 2.05) is 0 Å². The molecule has 0 saturated heterocycles. The Bertz CT molecular complexity index is 854. The van der Waals surface area contributed by atoms with Crippen LogP contribution in [0.2, 0.25) is 0 Å². The number of halogens is 2. The SMILES string of the molecule is O=S(=O)(NC1CC1)c1cc(Oc2ccccc2N(Cl)Cl)ccc1O. The van der Waals surface area contributed by atoms with Crippen LogP contribution >= 0.6 is 23.6 Å². The lowest BCUT2D eigenvalue weighted by atomic mass is 10.3. The predicted molar refractivity (Wildman–Crippen MR) is 92.2 cm³/mol. The Hall–Kier alpha value is -1.67. The van der Waals surface area contributed by atoms with E-state index in [2.05, 4.69) is 4.72 Å². The second-order valence-corrected chi connectivity index (χ2v) is 7.86. The third-order valence-electron chi connectivity index (χ3n) is 3.40. The number of sulfonamides is 1. The van der Waals surface area contributed by atoms with Gasteiger partial charge in [0.25, 0.3) is 0 Å². The number of para-hydroxylation sites is 2. The first-order valence-corrected chi connectivity index (χ1v) is 9.26. The maximum atomic E-state index is 12.3. The normalized spacial score (nSPS) is 14.4. The Morgan fingerprint density at radius 3 is 2.54 bits per heavy atom. The monoisotopic (exact) mass is 388 g/mol. The number of aromatic hydroxyl groups is 1. The molecule has 2 aromatic carbocycles. The molecule has 0 bridgehead atoms. The van der Waals surface area contributed by atoms with E-state index in [0.717, 1.165) is 16.8 Å². The Balaban J connectivity index is 1.92. The van der Waals surface area contributed by atoms with Crippen molar-refractivity contribution < 1.29 is 18.3 Å². The molecular weight excluding hydrogens is 375 g/mol. The topological polar surface area (TPSA) is 78.9 Å². The molecule has 24 heavy (non-hydrogen) atoms. The van der Waals surface area contributed by atoms with E-state index in [4.69, 9.17) is 28.3 Å². The van der Waals surface area contributed by atoms with Gasteiger partial charge in [-0.1, -0.05) is 12.1 Å². The molecule has 128 valence electrons. The van der Waals surface area contributed by atoms with Crippen LogP contribution < -0.4 is 13.4 Å². The summed E-state index contributed by atoms with van der Waals surface area (Å²) in [5.41, 5.74) is 0.398. The second kappa shape index (κ2) is 6.68. The van der Waals surface area contributed by atoms with E-state index in [0.29, 0.717) is 11.4 Å². The number of ether oxygens (including phenoxy) is 1. The molecule has 9 heteroatoms. The summed E-state index contributed by atoms with van der Waals surface area (Å²) in [6.07, 6.45) is 1.59. The van der Waals surface area contributed by atoms with Crippen molar-refractivity contribution in [3.05, 3.63) is 42.5 Å². The number of nitrogens with one attached hydrogen (secondary N) is 1. The second-order valence-electron chi connectivity index (χ2n) is 5.33. The summed E-state index contributed by atoms with van der Waals surface area (Å²) in [6.45, 7) is 0. The molecule has 2 N–H and O–H groups in total. The first-order chi connectivity index (χ1) is 11.4. The summed E-state index contributed by atoms with van der Waals surface area (Å²) >= 11 is 11.5. The molecule has 6 nitrogen and oxygen atoms in total. The van der Waals surface area contributed by atoms with Gasteiger partial charge < -0.3 is 9.84 Å². The van der Waals surface area contributed by atoms with Crippen molar-refractivity contribution >= 4 is 39.3 Å². The van der Waals surface area contributed by atoms with Gasteiger partial charge >= 0.3 is 0 Å². The summed E-state index contributed by atoms with van der Waals surface area (Å²) in [5.74, 6) is 0.221. The molecule has 0 heterocycles. The number of phenolic OH excluding ortho intramolecular Hbond substituents is 1. The van der Waals surface area contributed by atoms with Crippen LogP contribution in [0.5, 0.6) is 17.2 Å². The van der Waals surface area contributed by atoms with Gasteiger partial charge in [-0.05, 0) is 37.1 Å². The lowest BCUT2D eigenvalue weighted by Crippen LogP contribution is -2.25. The van der Waals surface area contributed by atoms with Gasteiger partial charge in [0.2, 0.25) is 10.0 Å². The Morgan fingerprint density at radius 2 is 1.88 bits per heavy atom. The van der Waals surface area contributed by atoms with Gasteiger partial charge in [-0.2, -0.15) is 3.94 Å². The molecule has 0 unspecified atom stereocenters. The summed E-state index contributed by atoms with van der Waals surface area (Å²) in [6, 6.07) is 10.6. The van der Waals surface area contributed by atoms with Crippen LogP contribution in [-0.4, -0.2) is 19.6 Å². The molecule has 1 aliphatic rings. The van der Waals surface area contributed by atoms with Crippen LogP contribution in [0.3, 0.4) is 0 Å². The Kier molecular flexibility index (Phi) is 4.78. The molecule has 0 amide bonds. The van der Waals surface area contributed by atoms with E-state index in [9.17, 15) is 13.5 Å². The highest BCUT2D eigenvalue weighted by Gasteiger charge is 2.29. The highest BCUT2D eigenvalue weighted by atomic mass is 35.5. The maximum Gasteiger partial charge on any atom is 0.244 e. The van der Waals surface area contributed by atoms with Crippen molar-refractivity contribution in [1.29, 1.82) is 0 Å². The fraction of sp³-hybridized carbons (Fsp3) is 0.200. The minimum Gasteiger partial charge on any atom is -0.507 e. The van der Waals surface area contributed by atoms with Crippen LogP contribution in [-0.2, 0) is 10.0 Å². The number of nitrogens with zero attached hydrogens (tertiary/aromatic N) is 1. The van der Waals surface area contributed by atoms with Crippen molar-refractivity contribution in [3.8, 4) is 17.2 Å². The molecule has 1 saturated carbocycles. The predicted octanol–water partition coefficient (Wildman–Crippen LogP) is 3.74. The molecule has 0 radical (unpaired) electrons. The smallest absolute Gasteiger partial charge is 0.244 e. The van der Waals surface area contributed by atoms with Crippen molar-refractivity contribution in [3.63, 3.8) is 0 Å². The largest absolute Gasteiger partial charge is 0.507 e. The van der Waals surface area contributed by atoms with Crippen molar-refractivity contribution in [2.75, 3.05) is 3.94 Å². The molecule has 3 rings (SSSR count). The maximum absolute atomic E-state index is 12.3. The third kappa shape index (κ3) is 3.87. The van der Waals surface area contributed by atoms with E-state index in [1.165, 1.54) is 18.2 Å². The summed E-state index contributed by atoms with van der Waals surface area (Å²) in [5, 5.41) is 9.89. The molecular formula is C15H14Cl2N2O4S. The summed E-state index contributed by atoms with van der Waals surface area (Å²) in [7, 11) is -3.81. The van der Waals surface area contributed by atoms with Gasteiger partial charge in [-0.25, -0.2) is 13.1 Å². The Labute approximate surface area is 149 Å². The highest BCUT2D eigenvalue weighted by molar-refractivity contribution is 7.89. The van der Waals surface area contributed by atoms with Crippen molar-refractivity contribution in [1.82, 2.24) is 4.72 Å². The van der Waals surface area contributed by atoms with Crippen molar-refractivity contribution in [2.24, 2.45) is 0 Å².